The monoisotopic (exact) mass is 292 g/mol. The van der Waals surface area contributed by atoms with Crippen LogP contribution in [0.4, 0.5) is 5.95 Å². The normalized spacial score (nSPS) is 15.7. The number of aromatic nitrogens is 2. The Kier molecular flexibility index (Phi) is 6.40. The van der Waals surface area contributed by atoms with Crippen LogP contribution in [0, 0.1) is 0 Å². The fourth-order valence-electron chi connectivity index (χ4n) is 2.49. The van der Waals surface area contributed by atoms with Gasteiger partial charge in [-0.2, -0.15) is 0 Å². The molecule has 0 aromatic carbocycles. The van der Waals surface area contributed by atoms with Gasteiger partial charge in [-0.15, -0.1) is 0 Å². The van der Waals surface area contributed by atoms with Gasteiger partial charge in [-0.3, -0.25) is 4.79 Å². The molecule has 1 aliphatic rings. The Balaban J connectivity index is 1.85. The van der Waals surface area contributed by atoms with Crippen LogP contribution in [0.2, 0.25) is 0 Å². The summed E-state index contributed by atoms with van der Waals surface area (Å²) in [5.74, 6) is 0.381. The molecule has 6 nitrogen and oxygen atoms in total. The van der Waals surface area contributed by atoms with E-state index >= 15 is 0 Å². The maximum absolute atomic E-state index is 12.0. The van der Waals surface area contributed by atoms with Crippen molar-refractivity contribution in [2.24, 2.45) is 0 Å². The Morgan fingerprint density at radius 2 is 2.19 bits per heavy atom. The van der Waals surface area contributed by atoms with Gasteiger partial charge in [0, 0.05) is 32.5 Å². The second-order valence-corrected chi connectivity index (χ2v) is 5.35. The average Bonchev–Trinajstić information content (AvgIpc) is 2.53. The van der Waals surface area contributed by atoms with Crippen LogP contribution in [0.5, 0.6) is 0 Å². The summed E-state index contributed by atoms with van der Waals surface area (Å²) in [6, 6.07) is 2.07. The van der Waals surface area contributed by atoms with Crippen molar-refractivity contribution in [3.8, 4) is 0 Å². The van der Waals surface area contributed by atoms with Gasteiger partial charge in [0.2, 0.25) is 5.95 Å². The SMILES string of the molecule is COCCCNC(=O)c1ccnc(NC2CCCCC2)n1. The number of nitrogens with zero attached hydrogens (tertiary/aromatic N) is 2. The summed E-state index contributed by atoms with van der Waals surface area (Å²) >= 11 is 0. The molecule has 0 spiro atoms. The number of methoxy groups -OCH3 is 1. The van der Waals surface area contributed by atoms with E-state index in [0.717, 1.165) is 19.3 Å². The first-order chi connectivity index (χ1) is 10.3. The summed E-state index contributed by atoms with van der Waals surface area (Å²) in [6.07, 6.45) is 8.52. The van der Waals surface area contributed by atoms with Crippen LogP contribution in [0.1, 0.15) is 49.0 Å². The van der Waals surface area contributed by atoms with Gasteiger partial charge in [0.05, 0.1) is 0 Å². The van der Waals surface area contributed by atoms with Gasteiger partial charge >= 0.3 is 0 Å². The maximum Gasteiger partial charge on any atom is 0.270 e. The highest BCUT2D eigenvalue weighted by atomic mass is 16.5. The highest BCUT2D eigenvalue weighted by Crippen LogP contribution is 2.20. The van der Waals surface area contributed by atoms with Crippen LogP contribution in [-0.4, -0.2) is 42.2 Å². The number of hydrogen-bond donors (Lipinski definition) is 2. The van der Waals surface area contributed by atoms with E-state index in [-0.39, 0.29) is 5.91 Å². The molecule has 1 amide bonds. The van der Waals surface area contributed by atoms with Gasteiger partial charge in [-0.1, -0.05) is 19.3 Å². The summed E-state index contributed by atoms with van der Waals surface area (Å²) in [5.41, 5.74) is 0.403. The Morgan fingerprint density at radius 3 is 2.95 bits per heavy atom. The topological polar surface area (TPSA) is 76.1 Å². The molecular weight excluding hydrogens is 268 g/mol. The van der Waals surface area contributed by atoms with Crippen molar-refractivity contribution in [1.82, 2.24) is 15.3 Å². The zero-order valence-electron chi connectivity index (χ0n) is 12.6. The van der Waals surface area contributed by atoms with Crippen molar-refractivity contribution in [1.29, 1.82) is 0 Å². The van der Waals surface area contributed by atoms with Crippen molar-refractivity contribution in [2.45, 2.75) is 44.6 Å². The highest BCUT2D eigenvalue weighted by molar-refractivity contribution is 5.92. The number of rotatable bonds is 7. The van der Waals surface area contributed by atoms with Gasteiger partial charge in [0.15, 0.2) is 0 Å². The molecule has 0 atom stereocenters. The first-order valence-electron chi connectivity index (χ1n) is 7.66. The minimum absolute atomic E-state index is 0.166. The van der Waals surface area contributed by atoms with Gasteiger partial charge in [-0.05, 0) is 25.3 Å². The number of nitrogens with one attached hydrogen (secondary N) is 2. The standard InChI is InChI=1S/C15H24N4O2/c1-21-11-5-9-16-14(20)13-8-10-17-15(19-13)18-12-6-3-2-4-7-12/h8,10,12H,2-7,9,11H2,1H3,(H,16,20)(H,17,18,19). The number of amides is 1. The van der Waals surface area contributed by atoms with Gasteiger partial charge in [-0.25, -0.2) is 9.97 Å². The van der Waals surface area contributed by atoms with Crippen molar-refractivity contribution < 1.29 is 9.53 Å². The summed E-state index contributed by atoms with van der Waals surface area (Å²) in [5, 5.41) is 6.16. The molecule has 2 N–H and O–H groups in total. The fourth-order valence-corrected chi connectivity index (χ4v) is 2.49. The average molecular weight is 292 g/mol. The Morgan fingerprint density at radius 1 is 1.38 bits per heavy atom. The summed E-state index contributed by atoms with van der Waals surface area (Å²) < 4.78 is 4.95. The molecule has 0 saturated heterocycles. The lowest BCUT2D eigenvalue weighted by atomic mass is 9.96. The van der Waals surface area contributed by atoms with Gasteiger partial charge < -0.3 is 15.4 Å². The van der Waals surface area contributed by atoms with Crippen molar-refractivity contribution >= 4 is 11.9 Å². The smallest absolute Gasteiger partial charge is 0.270 e. The van der Waals surface area contributed by atoms with E-state index in [2.05, 4.69) is 20.6 Å². The molecule has 0 radical (unpaired) electrons. The lowest BCUT2D eigenvalue weighted by Gasteiger charge is -2.22. The van der Waals surface area contributed by atoms with Crippen LogP contribution in [-0.2, 0) is 4.74 Å². The molecule has 1 saturated carbocycles. The molecule has 1 aliphatic carbocycles. The molecule has 1 heterocycles. The molecule has 0 bridgehead atoms. The minimum atomic E-state index is -0.166. The fraction of sp³-hybridized carbons (Fsp3) is 0.667. The van der Waals surface area contributed by atoms with Crippen molar-refractivity contribution in [3.05, 3.63) is 18.0 Å². The Bertz CT molecular complexity index is 447. The molecule has 116 valence electrons. The Hall–Kier alpha value is -1.69. The first-order valence-corrected chi connectivity index (χ1v) is 7.66. The van der Waals surface area contributed by atoms with Crippen molar-refractivity contribution in [3.63, 3.8) is 0 Å². The second kappa shape index (κ2) is 8.56. The molecule has 0 aliphatic heterocycles. The number of ether oxygens (including phenoxy) is 1. The predicted octanol–water partition coefficient (Wildman–Crippen LogP) is 1.99. The van der Waals surface area contributed by atoms with Crippen LogP contribution in [0.15, 0.2) is 12.3 Å². The molecule has 6 heteroatoms. The molecule has 1 aromatic rings. The van der Waals surface area contributed by atoms with Crippen molar-refractivity contribution in [2.75, 3.05) is 25.6 Å². The third-order valence-corrected chi connectivity index (χ3v) is 3.64. The lowest BCUT2D eigenvalue weighted by Crippen LogP contribution is -2.27. The largest absolute Gasteiger partial charge is 0.385 e. The molecule has 2 rings (SSSR count). The number of anilines is 1. The van der Waals surface area contributed by atoms with E-state index in [1.807, 2.05) is 0 Å². The van der Waals surface area contributed by atoms with E-state index in [1.165, 1.54) is 19.3 Å². The van der Waals surface area contributed by atoms with Crippen LogP contribution >= 0.6 is 0 Å². The Labute approximate surface area is 125 Å². The molecule has 1 fully saturated rings. The van der Waals surface area contributed by atoms with Gasteiger partial charge in [0.1, 0.15) is 5.69 Å². The molecular formula is C15H24N4O2. The van der Waals surface area contributed by atoms with Gasteiger partial charge in [0.25, 0.3) is 5.91 Å². The third kappa shape index (κ3) is 5.30. The summed E-state index contributed by atoms with van der Waals surface area (Å²) in [6.45, 7) is 1.22. The van der Waals surface area contributed by atoms with E-state index in [1.54, 1.807) is 19.4 Å². The highest BCUT2D eigenvalue weighted by Gasteiger charge is 2.15. The minimum Gasteiger partial charge on any atom is -0.385 e. The predicted molar refractivity (Wildman–Crippen MR) is 81.4 cm³/mol. The summed E-state index contributed by atoms with van der Waals surface area (Å²) in [7, 11) is 1.65. The van der Waals surface area contributed by atoms with Crippen LogP contribution in [0.3, 0.4) is 0 Å². The lowest BCUT2D eigenvalue weighted by molar-refractivity contribution is 0.0943. The molecule has 1 aromatic heterocycles. The van der Waals surface area contributed by atoms with Crippen LogP contribution in [0.25, 0.3) is 0 Å². The molecule has 21 heavy (non-hydrogen) atoms. The quantitative estimate of drug-likeness (QED) is 0.752. The number of carbonyl (C=O) groups is 1. The third-order valence-electron chi connectivity index (χ3n) is 3.64. The van der Waals surface area contributed by atoms with E-state index in [0.29, 0.717) is 30.8 Å². The zero-order valence-corrected chi connectivity index (χ0v) is 12.6. The van der Waals surface area contributed by atoms with E-state index < -0.39 is 0 Å². The van der Waals surface area contributed by atoms with E-state index in [9.17, 15) is 4.79 Å². The zero-order chi connectivity index (χ0) is 14.9. The number of hydrogen-bond acceptors (Lipinski definition) is 5. The maximum atomic E-state index is 12.0. The van der Waals surface area contributed by atoms with E-state index in [4.69, 9.17) is 4.74 Å². The summed E-state index contributed by atoms with van der Waals surface area (Å²) in [4.78, 5) is 20.5. The van der Waals surface area contributed by atoms with Crippen LogP contribution < -0.4 is 10.6 Å². The second-order valence-electron chi connectivity index (χ2n) is 5.35. The number of carbonyl (C=O) groups excluding carboxylic acids is 1. The first kappa shape index (κ1) is 15.7. The molecule has 0 unspecified atom stereocenters.